The topological polar surface area (TPSA) is 0 Å². The fourth-order valence-electron chi connectivity index (χ4n) is 6.89. The Morgan fingerprint density at radius 2 is 0.417 bits per heavy atom. The van der Waals surface area contributed by atoms with Gasteiger partial charge in [-0.1, -0.05) is 109 Å². The van der Waals surface area contributed by atoms with Gasteiger partial charge in [-0.25, -0.2) is 0 Å². The summed E-state index contributed by atoms with van der Waals surface area (Å²) in [4.78, 5) is 0. The van der Waals surface area contributed by atoms with Crippen LogP contribution in [0.15, 0.2) is 121 Å². The Labute approximate surface area is 207 Å². The van der Waals surface area contributed by atoms with Gasteiger partial charge in [0, 0.05) is 0 Å². The van der Waals surface area contributed by atoms with Crippen molar-refractivity contribution in [2.45, 2.75) is 0 Å². The zero-order valence-corrected chi connectivity index (χ0v) is 19.5. The van der Waals surface area contributed by atoms with Gasteiger partial charge in [0.2, 0.25) is 0 Å². The first-order chi connectivity index (χ1) is 17.9. The maximum absolute atomic E-state index is 2.46. The first kappa shape index (κ1) is 18.6. The minimum absolute atomic E-state index is 1.32. The molecule has 0 aromatic heterocycles. The molecular formula is C36H20. The van der Waals surface area contributed by atoms with E-state index in [0.717, 1.165) is 0 Å². The largest absolute Gasteiger partial charge is 0.0616 e. The maximum atomic E-state index is 2.46. The molecule has 0 atom stereocenters. The van der Waals surface area contributed by atoms with Gasteiger partial charge < -0.3 is 0 Å². The Morgan fingerprint density at radius 3 is 0.778 bits per heavy atom. The van der Waals surface area contributed by atoms with Gasteiger partial charge in [-0.15, -0.1) is 0 Å². The quantitative estimate of drug-likeness (QED) is 0.159. The Hall–Kier alpha value is -4.68. The lowest BCUT2D eigenvalue weighted by molar-refractivity contribution is 1.79. The van der Waals surface area contributed by atoms with E-state index in [1.54, 1.807) is 0 Å². The van der Waals surface area contributed by atoms with Gasteiger partial charge in [-0.2, -0.15) is 0 Å². The van der Waals surface area contributed by atoms with Crippen LogP contribution in [0.4, 0.5) is 0 Å². The summed E-state index contributed by atoms with van der Waals surface area (Å²) in [6.45, 7) is 0. The van der Waals surface area contributed by atoms with Gasteiger partial charge in [-0.3, -0.25) is 0 Å². The van der Waals surface area contributed by atoms with E-state index in [2.05, 4.69) is 121 Å². The van der Waals surface area contributed by atoms with Crippen molar-refractivity contribution in [2.24, 2.45) is 0 Å². The monoisotopic (exact) mass is 452 g/mol. The van der Waals surface area contributed by atoms with E-state index < -0.39 is 0 Å². The molecule has 0 radical (unpaired) electrons. The van der Waals surface area contributed by atoms with Crippen molar-refractivity contribution in [3.63, 3.8) is 0 Å². The van der Waals surface area contributed by atoms with Crippen molar-refractivity contribution in [3.05, 3.63) is 121 Å². The third kappa shape index (κ3) is 2.16. The molecule has 0 aliphatic heterocycles. The molecule has 0 fully saturated rings. The minimum atomic E-state index is 1.32. The summed E-state index contributed by atoms with van der Waals surface area (Å²) in [5.41, 5.74) is 0. The lowest BCUT2D eigenvalue weighted by Gasteiger charge is -2.18. The molecule has 0 N–H and O–H groups in total. The average molecular weight is 453 g/mol. The summed E-state index contributed by atoms with van der Waals surface area (Å²) in [6.07, 6.45) is 0. The lowest BCUT2D eigenvalue weighted by atomic mass is 9.84. The highest BCUT2D eigenvalue weighted by Crippen LogP contribution is 2.46. The first-order valence-electron chi connectivity index (χ1n) is 12.6. The zero-order chi connectivity index (χ0) is 23.4. The summed E-state index contributed by atoms with van der Waals surface area (Å²) in [5, 5.41) is 21.4. The normalized spacial score (nSPS) is 12.4. The third-order valence-electron chi connectivity index (χ3n) is 8.35. The SMILES string of the molecule is c1ccc2c(c1)c1ccccc1c1cc3c(cc21)c1cccc2c4ccccc4c4cccc3c4c21. The van der Waals surface area contributed by atoms with Crippen LogP contribution in [0.2, 0.25) is 0 Å². The second kappa shape index (κ2) is 6.50. The zero-order valence-electron chi connectivity index (χ0n) is 19.5. The van der Waals surface area contributed by atoms with Crippen LogP contribution in [0.1, 0.15) is 0 Å². The van der Waals surface area contributed by atoms with Crippen LogP contribution in [-0.4, -0.2) is 0 Å². The molecule has 0 heterocycles. The summed E-state index contributed by atoms with van der Waals surface area (Å²) in [6, 6.07) is 45.2. The predicted molar refractivity (Wildman–Crippen MR) is 158 cm³/mol. The molecule has 164 valence electrons. The predicted octanol–water partition coefficient (Wildman–Crippen LogP) is 10.3. The maximum Gasteiger partial charge on any atom is -0.00139 e. The van der Waals surface area contributed by atoms with Crippen molar-refractivity contribution in [1.82, 2.24) is 0 Å². The van der Waals surface area contributed by atoms with Gasteiger partial charge >= 0.3 is 0 Å². The van der Waals surface area contributed by atoms with Gasteiger partial charge in [0.05, 0.1) is 0 Å². The van der Waals surface area contributed by atoms with Crippen molar-refractivity contribution in [2.75, 3.05) is 0 Å². The fourth-order valence-corrected chi connectivity index (χ4v) is 6.89. The molecule has 0 aliphatic carbocycles. The van der Waals surface area contributed by atoms with E-state index in [1.807, 2.05) is 0 Å². The second-order valence-corrected chi connectivity index (χ2v) is 10.0. The Kier molecular flexibility index (Phi) is 3.36. The molecule has 36 heavy (non-hydrogen) atoms. The highest BCUT2D eigenvalue weighted by atomic mass is 14.2. The lowest BCUT2D eigenvalue weighted by Crippen LogP contribution is -1.90. The van der Waals surface area contributed by atoms with E-state index in [0.29, 0.717) is 0 Å². The van der Waals surface area contributed by atoms with Crippen LogP contribution in [0.3, 0.4) is 0 Å². The number of fused-ring (bicyclic) bond motifs is 12. The average Bonchev–Trinajstić information content (AvgIpc) is 2.96. The minimum Gasteiger partial charge on any atom is -0.0616 e. The standard InChI is InChI=1S/C36H20/c1-5-13-25-21(9-1)22-10-2-6-14-26(22)32-20-34-30-18-8-16-28-24-12-4-3-11-23(24)27-15-7-17-29(35(27)36(28)30)33(34)19-31(25)32/h1-20H. The molecule has 0 unspecified atom stereocenters. The Morgan fingerprint density at radius 1 is 0.194 bits per heavy atom. The molecule has 0 nitrogen and oxygen atoms in total. The number of hydrogen-bond acceptors (Lipinski definition) is 0. The summed E-state index contributed by atoms with van der Waals surface area (Å²) < 4.78 is 0. The van der Waals surface area contributed by atoms with Gasteiger partial charge in [0.15, 0.2) is 0 Å². The summed E-state index contributed by atoms with van der Waals surface area (Å²) in [5.74, 6) is 0. The van der Waals surface area contributed by atoms with E-state index in [9.17, 15) is 0 Å². The summed E-state index contributed by atoms with van der Waals surface area (Å²) >= 11 is 0. The van der Waals surface area contributed by atoms with Crippen LogP contribution < -0.4 is 0 Å². The van der Waals surface area contributed by atoms with Crippen LogP contribution >= 0.6 is 0 Å². The molecule has 0 saturated heterocycles. The van der Waals surface area contributed by atoms with Crippen molar-refractivity contribution in [1.29, 1.82) is 0 Å². The van der Waals surface area contributed by atoms with Gasteiger partial charge in [0.25, 0.3) is 0 Å². The van der Waals surface area contributed by atoms with E-state index in [4.69, 9.17) is 0 Å². The van der Waals surface area contributed by atoms with Crippen LogP contribution in [0.25, 0.3) is 86.2 Å². The number of hydrogen-bond donors (Lipinski definition) is 0. The molecule has 9 aromatic carbocycles. The number of benzene rings is 9. The number of rotatable bonds is 0. The Bertz CT molecular complexity index is 2190. The van der Waals surface area contributed by atoms with Crippen molar-refractivity contribution in [3.8, 4) is 0 Å². The summed E-state index contributed by atoms with van der Waals surface area (Å²) in [7, 11) is 0. The van der Waals surface area contributed by atoms with Crippen LogP contribution in [-0.2, 0) is 0 Å². The highest BCUT2D eigenvalue weighted by Gasteiger charge is 2.18. The van der Waals surface area contributed by atoms with Crippen LogP contribution in [0, 0.1) is 0 Å². The second-order valence-electron chi connectivity index (χ2n) is 10.0. The van der Waals surface area contributed by atoms with E-state index >= 15 is 0 Å². The van der Waals surface area contributed by atoms with Gasteiger partial charge in [0.1, 0.15) is 0 Å². The molecule has 0 amide bonds. The third-order valence-corrected chi connectivity index (χ3v) is 8.35. The van der Waals surface area contributed by atoms with Crippen LogP contribution in [0.5, 0.6) is 0 Å². The van der Waals surface area contributed by atoms with E-state index in [1.165, 1.54) is 86.2 Å². The molecule has 0 heteroatoms. The Balaban J connectivity index is 1.65. The molecule has 0 bridgehead atoms. The fraction of sp³-hybridized carbons (Fsp3) is 0. The molecule has 0 aliphatic rings. The van der Waals surface area contributed by atoms with Gasteiger partial charge in [-0.05, 0) is 98.3 Å². The molecule has 0 saturated carbocycles. The van der Waals surface area contributed by atoms with E-state index in [-0.39, 0.29) is 0 Å². The molecule has 9 aromatic rings. The molecule has 9 rings (SSSR count). The molecular weight excluding hydrogens is 432 g/mol. The molecule has 0 spiro atoms. The van der Waals surface area contributed by atoms with Crippen molar-refractivity contribution >= 4 is 86.2 Å². The smallest absolute Gasteiger partial charge is 0.00139 e. The first-order valence-corrected chi connectivity index (χ1v) is 12.6. The highest BCUT2D eigenvalue weighted by molar-refractivity contribution is 6.41. The van der Waals surface area contributed by atoms with Crippen molar-refractivity contribution < 1.29 is 0 Å².